The summed E-state index contributed by atoms with van der Waals surface area (Å²) >= 11 is 1.94. The SMILES string of the molecule is CSC1CCC(Nc2ccc(N)c(C#N)c2)C1. The zero-order chi connectivity index (χ0) is 12.3. The Morgan fingerprint density at radius 1 is 1.47 bits per heavy atom. The van der Waals surface area contributed by atoms with Crippen molar-refractivity contribution in [3.63, 3.8) is 0 Å². The normalized spacial score (nSPS) is 23.3. The molecule has 2 rings (SSSR count). The quantitative estimate of drug-likeness (QED) is 0.806. The van der Waals surface area contributed by atoms with Crippen molar-refractivity contribution < 1.29 is 0 Å². The van der Waals surface area contributed by atoms with Gasteiger partial charge >= 0.3 is 0 Å². The molecular weight excluding hydrogens is 230 g/mol. The maximum Gasteiger partial charge on any atom is 0.101 e. The lowest BCUT2D eigenvalue weighted by Crippen LogP contribution is -2.16. The molecule has 0 saturated heterocycles. The van der Waals surface area contributed by atoms with Gasteiger partial charge in [-0.1, -0.05) is 0 Å². The first-order valence-corrected chi connectivity index (χ1v) is 7.10. The van der Waals surface area contributed by atoms with Crippen molar-refractivity contribution >= 4 is 23.1 Å². The van der Waals surface area contributed by atoms with E-state index in [0.717, 1.165) is 10.9 Å². The van der Waals surface area contributed by atoms with Gasteiger partial charge < -0.3 is 11.1 Å². The molecule has 0 aliphatic heterocycles. The minimum absolute atomic E-state index is 0.530. The van der Waals surface area contributed by atoms with Crippen LogP contribution in [0.4, 0.5) is 11.4 Å². The second-order valence-electron chi connectivity index (χ2n) is 4.43. The first-order valence-electron chi connectivity index (χ1n) is 5.82. The Bertz CT molecular complexity index is 439. The molecule has 3 nitrogen and oxygen atoms in total. The van der Waals surface area contributed by atoms with E-state index < -0.39 is 0 Å². The summed E-state index contributed by atoms with van der Waals surface area (Å²) in [5.41, 5.74) is 7.80. The Hall–Kier alpha value is -1.34. The maximum atomic E-state index is 8.92. The number of benzene rings is 1. The van der Waals surface area contributed by atoms with Crippen LogP contribution in [0.15, 0.2) is 18.2 Å². The average molecular weight is 247 g/mol. The summed E-state index contributed by atoms with van der Waals surface area (Å²) < 4.78 is 0. The standard InChI is InChI=1S/C13H17N3S/c1-17-12-4-2-11(7-12)16-10-3-5-13(15)9(6-10)8-14/h3,5-6,11-12,16H,2,4,7,15H2,1H3. The van der Waals surface area contributed by atoms with Crippen LogP contribution in [-0.4, -0.2) is 17.5 Å². The third-order valence-electron chi connectivity index (χ3n) is 3.26. The van der Waals surface area contributed by atoms with Gasteiger partial charge in [-0.3, -0.25) is 0 Å². The molecule has 0 heterocycles. The Morgan fingerprint density at radius 3 is 2.94 bits per heavy atom. The predicted octanol–water partition coefficient (Wildman–Crippen LogP) is 2.84. The third-order valence-corrected chi connectivity index (χ3v) is 4.36. The van der Waals surface area contributed by atoms with E-state index in [1.54, 1.807) is 6.07 Å². The largest absolute Gasteiger partial charge is 0.398 e. The minimum atomic E-state index is 0.530. The molecule has 1 aromatic rings. The van der Waals surface area contributed by atoms with Crippen LogP contribution in [0.1, 0.15) is 24.8 Å². The Labute approximate surface area is 106 Å². The summed E-state index contributed by atoms with van der Waals surface area (Å²) in [7, 11) is 0. The number of hydrogen-bond donors (Lipinski definition) is 2. The van der Waals surface area contributed by atoms with Crippen LogP contribution < -0.4 is 11.1 Å². The Kier molecular flexibility index (Phi) is 3.80. The van der Waals surface area contributed by atoms with E-state index in [9.17, 15) is 0 Å². The van der Waals surface area contributed by atoms with Crippen molar-refractivity contribution in [3.05, 3.63) is 23.8 Å². The Balaban J connectivity index is 2.02. The number of nitrogen functional groups attached to an aromatic ring is 1. The monoisotopic (exact) mass is 247 g/mol. The number of hydrogen-bond acceptors (Lipinski definition) is 4. The molecule has 1 aromatic carbocycles. The molecule has 1 aliphatic carbocycles. The molecule has 4 heteroatoms. The highest BCUT2D eigenvalue weighted by atomic mass is 32.2. The smallest absolute Gasteiger partial charge is 0.101 e. The summed E-state index contributed by atoms with van der Waals surface area (Å²) in [6, 6.07) is 8.22. The molecule has 90 valence electrons. The molecule has 17 heavy (non-hydrogen) atoms. The summed E-state index contributed by atoms with van der Waals surface area (Å²) in [6.45, 7) is 0. The third kappa shape index (κ3) is 2.86. The van der Waals surface area contributed by atoms with Crippen molar-refractivity contribution in [2.75, 3.05) is 17.3 Å². The Morgan fingerprint density at radius 2 is 2.29 bits per heavy atom. The zero-order valence-corrected chi connectivity index (χ0v) is 10.8. The van der Waals surface area contributed by atoms with Gasteiger partial charge in [-0.05, 0) is 43.7 Å². The molecule has 1 saturated carbocycles. The molecule has 2 unspecified atom stereocenters. The number of nitriles is 1. The van der Waals surface area contributed by atoms with Crippen LogP contribution >= 0.6 is 11.8 Å². The highest BCUT2D eigenvalue weighted by Gasteiger charge is 2.23. The number of thioether (sulfide) groups is 1. The van der Waals surface area contributed by atoms with Gasteiger partial charge in [-0.2, -0.15) is 17.0 Å². The number of nitrogens with two attached hydrogens (primary N) is 1. The minimum Gasteiger partial charge on any atom is -0.398 e. The fraction of sp³-hybridized carbons (Fsp3) is 0.462. The first kappa shape index (κ1) is 12.1. The van der Waals surface area contributed by atoms with E-state index in [1.807, 2.05) is 23.9 Å². The highest BCUT2D eigenvalue weighted by Crippen LogP contribution is 2.30. The average Bonchev–Trinajstić information content (AvgIpc) is 2.79. The van der Waals surface area contributed by atoms with E-state index in [4.69, 9.17) is 11.0 Å². The zero-order valence-electron chi connectivity index (χ0n) is 9.94. The fourth-order valence-electron chi connectivity index (χ4n) is 2.26. The van der Waals surface area contributed by atoms with Crippen LogP contribution in [0.5, 0.6) is 0 Å². The summed E-state index contributed by atoms with van der Waals surface area (Å²) in [5.74, 6) is 0. The molecule has 1 aliphatic rings. The van der Waals surface area contributed by atoms with Crippen LogP contribution in [0.25, 0.3) is 0 Å². The maximum absolute atomic E-state index is 8.92. The van der Waals surface area contributed by atoms with E-state index in [2.05, 4.69) is 17.6 Å². The number of rotatable bonds is 3. The summed E-state index contributed by atoms with van der Waals surface area (Å²) in [6.07, 6.45) is 5.86. The van der Waals surface area contributed by atoms with Crippen molar-refractivity contribution in [1.29, 1.82) is 5.26 Å². The molecule has 0 radical (unpaired) electrons. The van der Waals surface area contributed by atoms with E-state index >= 15 is 0 Å². The first-order chi connectivity index (χ1) is 8.22. The van der Waals surface area contributed by atoms with Gasteiger partial charge in [0.1, 0.15) is 6.07 Å². The molecular formula is C13H17N3S. The fourth-order valence-corrected chi connectivity index (χ4v) is 3.06. The van der Waals surface area contributed by atoms with Gasteiger partial charge in [0.05, 0.1) is 5.56 Å². The van der Waals surface area contributed by atoms with Crippen molar-refractivity contribution in [1.82, 2.24) is 0 Å². The molecule has 0 aromatic heterocycles. The molecule has 0 amide bonds. The molecule has 0 bridgehead atoms. The number of anilines is 2. The molecule has 3 N–H and O–H groups in total. The van der Waals surface area contributed by atoms with Crippen LogP contribution in [0.2, 0.25) is 0 Å². The molecule has 2 atom stereocenters. The van der Waals surface area contributed by atoms with Crippen LogP contribution in [-0.2, 0) is 0 Å². The predicted molar refractivity (Wildman–Crippen MR) is 74.1 cm³/mol. The molecule has 0 spiro atoms. The van der Waals surface area contributed by atoms with Gasteiger partial charge in [-0.15, -0.1) is 0 Å². The molecule has 1 fully saturated rings. The topological polar surface area (TPSA) is 61.8 Å². The van der Waals surface area contributed by atoms with Gasteiger partial charge in [0.2, 0.25) is 0 Å². The second-order valence-corrected chi connectivity index (χ2v) is 5.56. The van der Waals surface area contributed by atoms with Crippen molar-refractivity contribution in [2.24, 2.45) is 0 Å². The van der Waals surface area contributed by atoms with Gasteiger partial charge in [0.15, 0.2) is 0 Å². The van der Waals surface area contributed by atoms with E-state index in [0.29, 0.717) is 17.3 Å². The van der Waals surface area contributed by atoms with Gasteiger partial charge in [0.25, 0.3) is 0 Å². The lowest BCUT2D eigenvalue weighted by atomic mass is 10.1. The summed E-state index contributed by atoms with van der Waals surface area (Å²) in [4.78, 5) is 0. The van der Waals surface area contributed by atoms with Crippen LogP contribution in [0, 0.1) is 11.3 Å². The van der Waals surface area contributed by atoms with E-state index in [1.165, 1.54) is 19.3 Å². The van der Waals surface area contributed by atoms with Gasteiger partial charge in [-0.25, -0.2) is 0 Å². The van der Waals surface area contributed by atoms with E-state index in [-0.39, 0.29) is 0 Å². The lowest BCUT2D eigenvalue weighted by molar-refractivity contribution is 0.757. The highest BCUT2D eigenvalue weighted by molar-refractivity contribution is 7.99. The number of nitrogens with zero attached hydrogens (tertiary/aromatic N) is 1. The van der Waals surface area contributed by atoms with Crippen LogP contribution in [0.3, 0.4) is 0 Å². The second kappa shape index (κ2) is 5.33. The number of nitrogens with one attached hydrogen (secondary N) is 1. The van der Waals surface area contributed by atoms with Crippen molar-refractivity contribution in [3.8, 4) is 6.07 Å². The lowest BCUT2D eigenvalue weighted by Gasteiger charge is -2.14. The summed E-state index contributed by atoms with van der Waals surface area (Å²) in [5, 5.41) is 13.2. The van der Waals surface area contributed by atoms with Crippen molar-refractivity contribution in [2.45, 2.75) is 30.6 Å². The van der Waals surface area contributed by atoms with Gasteiger partial charge in [0, 0.05) is 22.7 Å².